The van der Waals surface area contributed by atoms with Crippen LogP contribution in [0.2, 0.25) is 5.02 Å². The summed E-state index contributed by atoms with van der Waals surface area (Å²) in [5.41, 5.74) is 2.16. The van der Waals surface area contributed by atoms with Gasteiger partial charge in [0.25, 0.3) is 0 Å². The molecule has 5 heteroatoms. The lowest BCUT2D eigenvalue weighted by Gasteiger charge is -2.13. The van der Waals surface area contributed by atoms with Crippen molar-refractivity contribution < 1.29 is 14.2 Å². The Bertz CT molecular complexity index is 629. The minimum absolute atomic E-state index is 0.580. The van der Waals surface area contributed by atoms with Crippen molar-refractivity contribution in [2.45, 2.75) is 20.0 Å². The fourth-order valence-electron chi connectivity index (χ4n) is 2.23. The van der Waals surface area contributed by atoms with Gasteiger partial charge in [-0.1, -0.05) is 23.7 Å². The molecular weight excluding hydrogens is 314 g/mol. The van der Waals surface area contributed by atoms with Gasteiger partial charge in [-0.15, -0.1) is 0 Å². The lowest BCUT2D eigenvalue weighted by molar-refractivity contribution is 0.310. The molecule has 0 radical (unpaired) electrons. The number of halogens is 1. The molecule has 0 amide bonds. The summed E-state index contributed by atoms with van der Waals surface area (Å²) in [5, 5.41) is 4.04. The van der Waals surface area contributed by atoms with Crippen LogP contribution in [0.4, 0.5) is 0 Å². The van der Waals surface area contributed by atoms with Crippen LogP contribution < -0.4 is 19.5 Å². The first-order valence-electron chi connectivity index (χ1n) is 7.50. The summed E-state index contributed by atoms with van der Waals surface area (Å²) in [6.45, 7) is 3.91. The van der Waals surface area contributed by atoms with E-state index in [1.807, 2.05) is 37.3 Å². The minimum atomic E-state index is 0.580. The average molecular weight is 336 g/mol. The number of ether oxygens (including phenoxy) is 3. The summed E-state index contributed by atoms with van der Waals surface area (Å²) < 4.78 is 16.0. The van der Waals surface area contributed by atoms with Crippen LogP contribution in [0.25, 0.3) is 0 Å². The van der Waals surface area contributed by atoms with E-state index in [0.29, 0.717) is 29.7 Å². The van der Waals surface area contributed by atoms with E-state index in [1.54, 1.807) is 20.3 Å². The monoisotopic (exact) mass is 335 g/mol. The Labute approximate surface area is 142 Å². The first-order chi connectivity index (χ1) is 11.2. The van der Waals surface area contributed by atoms with Crippen molar-refractivity contribution in [2.24, 2.45) is 0 Å². The van der Waals surface area contributed by atoms with Crippen LogP contribution in [0.1, 0.15) is 18.1 Å². The normalized spacial score (nSPS) is 10.4. The van der Waals surface area contributed by atoms with E-state index < -0.39 is 0 Å². The number of rotatable bonds is 8. The zero-order valence-corrected chi connectivity index (χ0v) is 14.4. The van der Waals surface area contributed by atoms with Crippen LogP contribution in [-0.2, 0) is 13.1 Å². The van der Waals surface area contributed by atoms with Crippen LogP contribution in [0.15, 0.2) is 36.4 Å². The van der Waals surface area contributed by atoms with Crippen LogP contribution in [0, 0.1) is 0 Å². The van der Waals surface area contributed by atoms with E-state index in [-0.39, 0.29) is 0 Å². The number of methoxy groups -OCH3 is 2. The van der Waals surface area contributed by atoms with E-state index in [1.165, 1.54) is 5.56 Å². The van der Waals surface area contributed by atoms with E-state index in [0.717, 1.165) is 17.9 Å². The third-order valence-electron chi connectivity index (χ3n) is 3.44. The van der Waals surface area contributed by atoms with Crippen molar-refractivity contribution in [1.29, 1.82) is 0 Å². The Hall–Kier alpha value is -1.91. The Morgan fingerprint density at radius 1 is 0.957 bits per heavy atom. The largest absolute Gasteiger partial charge is 0.497 e. The summed E-state index contributed by atoms with van der Waals surface area (Å²) >= 11 is 6.31. The molecule has 0 aliphatic heterocycles. The molecule has 0 bridgehead atoms. The number of benzene rings is 2. The van der Waals surface area contributed by atoms with Gasteiger partial charge in [0.2, 0.25) is 0 Å². The molecule has 124 valence electrons. The Morgan fingerprint density at radius 3 is 2.30 bits per heavy atom. The zero-order chi connectivity index (χ0) is 16.7. The van der Waals surface area contributed by atoms with Crippen molar-refractivity contribution in [1.82, 2.24) is 5.32 Å². The molecule has 2 rings (SSSR count). The second-order valence-corrected chi connectivity index (χ2v) is 5.39. The number of nitrogens with one attached hydrogen (secondary N) is 1. The predicted molar refractivity (Wildman–Crippen MR) is 92.7 cm³/mol. The smallest absolute Gasteiger partial charge is 0.162 e. The van der Waals surface area contributed by atoms with Crippen molar-refractivity contribution in [3.63, 3.8) is 0 Å². The van der Waals surface area contributed by atoms with E-state index in [2.05, 4.69) is 5.32 Å². The molecule has 0 saturated heterocycles. The van der Waals surface area contributed by atoms with E-state index >= 15 is 0 Å². The standard InChI is InChI=1S/C18H22ClNO3/c1-4-23-18-9-14(16(19)10-17(18)22-3)12-20-11-13-5-7-15(21-2)8-6-13/h5-10,20H,4,11-12H2,1-3H3. The highest BCUT2D eigenvalue weighted by atomic mass is 35.5. The molecule has 0 fully saturated rings. The van der Waals surface area contributed by atoms with Gasteiger partial charge >= 0.3 is 0 Å². The third-order valence-corrected chi connectivity index (χ3v) is 3.79. The minimum Gasteiger partial charge on any atom is -0.497 e. The van der Waals surface area contributed by atoms with Gasteiger partial charge in [-0.25, -0.2) is 0 Å². The fraction of sp³-hybridized carbons (Fsp3) is 0.333. The summed E-state index contributed by atoms with van der Waals surface area (Å²) in [5.74, 6) is 2.21. The van der Waals surface area contributed by atoms with Crippen LogP contribution in [0.3, 0.4) is 0 Å². The molecule has 0 atom stereocenters. The highest BCUT2D eigenvalue weighted by Gasteiger charge is 2.10. The molecule has 1 N–H and O–H groups in total. The third kappa shape index (κ3) is 4.78. The number of hydrogen-bond acceptors (Lipinski definition) is 4. The maximum atomic E-state index is 6.31. The SMILES string of the molecule is CCOc1cc(CNCc2ccc(OC)cc2)c(Cl)cc1OC. The van der Waals surface area contributed by atoms with Crippen molar-refractivity contribution in [3.05, 3.63) is 52.5 Å². The van der Waals surface area contributed by atoms with Gasteiger partial charge in [0.15, 0.2) is 11.5 Å². The van der Waals surface area contributed by atoms with Crippen LogP contribution in [0.5, 0.6) is 17.2 Å². The molecular formula is C18H22ClNO3. The van der Waals surface area contributed by atoms with Crippen LogP contribution in [-0.4, -0.2) is 20.8 Å². The van der Waals surface area contributed by atoms with Gasteiger partial charge in [0, 0.05) is 24.2 Å². The van der Waals surface area contributed by atoms with Crippen LogP contribution >= 0.6 is 11.6 Å². The van der Waals surface area contributed by atoms with E-state index in [4.69, 9.17) is 25.8 Å². The van der Waals surface area contributed by atoms with E-state index in [9.17, 15) is 0 Å². The summed E-state index contributed by atoms with van der Waals surface area (Å²) in [6.07, 6.45) is 0. The maximum Gasteiger partial charge on any atom is 0.162 e. The highest BCUT2D eigenvalue weighted by Crippen LogP contribution is 2.33. The lowest BCUT2D eigenvalue weighted by atomic mass is 10.1. The molecule has 0 spiro atoms. The molecule has 0 saturated carbocycles. The molecule has 2 aromatic carbocycles. The first-order valence-corrected chi connectivity index (χ1v) is 7.88. The van der Waals surface area contributed by atoms with Gasteiger partial charge in [-0.2, -0.15) is 0 Å². The molecule has 0 unspecified atom stereocenters. The van der Waals surface area contributed by atoms with Crippen molar-refractivity contribution in [2.75, 3.05) is 20.8 Å². The molecule has 0 aromatic heterocycles. The second-order valence-electron chi connectivity index (χ2n) is 4.98. The summed E-state index contributed by atoms with van der Waals surface area (Å²) in [6, 6.07) is 11.7. The second kappa shape index (κ2) is 8.65. The number of hydrogen-bond donors (Lipinski definition) is 1. The van der Waals surface area contributed by atoms with Gasteiger partial charge in [0.1, 0.15) is 5.75 Å². The highest BCUT2D eigenvalue weighted by molar-refractivity contribution is 6.31. The molecule has 0 aliphatic rings. The van der Waals surface area contributed by atoms with Crippen molar-refractivity contribution >= 4 is 11.6 Å². The Morgan fingerprint density at radius 2 is 1.70 bits per heavy atom. The Balaban J connectivity index is 2.00. The molecule has 0 aliphatic carbocycles. The maximum absolute atomic E-state index is 6.31. The first kappa shape index (κ1) is 17.4. The summed E-state index contributed by atoms with van der Waals surface area (Å²) in [7, 11) is 3.27. The average Bonchev–Trinajstić information content (AvgIpc) is 2.58. The Kier molecular flexibility index (Phi) is 6.56. The summed E-state index contributed by atoms with van der Waals surface area (Å²) in [4.78, 5) is 0. The fourth-order valence-corrected chi connectivity index (χ4v) is 2.45. The lowest BCUT2D eigenvalue weighted by Crippen LogP contribution is -2.13. The topological polar surface area (TPSA) is 39.7 Å². The molecule has 23 heavy (non-hydrogen) atoms. The van der Waals surface area contributed by atoms with Gasteiger partial charge in [-0.3, -0.25) is 0 Å². The van der Waals surface area contributed by atoms with Gasteiger partial charge < -0.3 is 19.5 Å². The molecule has 2 aromatic rings. The zero-order valence-electron chi connectivity index (χ0n) is 13.7. The molecule has 0 heterocycles. The van der Waals surface area contributed by atoms with Gasteiger partial charge in [0.05, 0.1) is 20.8 Å². The van der Waals surface area contributed by atoms with Gasteiger partial charge in [-0.05, 0) is 36.2 Å². The van der Waals surface area contributed by atoms with Crippen molar-refractivity contribution in [3.8, 4) is 17.2 Å². The molecule has 4 nitrogen and oxygen atoms in total. The predicted octanol–water partition coefficient (Wildman–Crippen LogP) is 4.05. The quantitative estimate of drug-likeness (QED) is 0.790.